The van der Waals surface area contributed by atoms with Gasteiger partial charge in [-0.2, -0.15) is 5.10 Å². The monoisotopic (exact) mass is 337 g/mol. The average molecular weight is 337 g/mol. The van der Waals surface area contributed by atoms with Crippen molar-refractivity contribution in [2.24, 2.45) is 0 Å². The van der Waals surface area contributed by atoms with Crippen molar-refractivity contribution >= 4 is 16.9 Å². The predicted octanol–water partition coefficient (Wildman–Crippen LogP) is 1.56. The summed E-state index contributed by atoms with van der Waals surface area (Å²) in [6, 6.07) is 8.10. The van der Waals surface area contributed by atoms with Gasteiger partial charge in [0.2, 0.25) is 0 Å². The van der Waals surface area contributed by atoms with Gasteiger partial charge < -0.3 is 13.7 Å². The highest BCUT2D eigenvalue weighted by molar-refractivity contribution is 5.96. The molecule has 2 aromatic rings. The minimum atomic E-state index is -0.599. The Hall–Kier alpha value is -3.68. The lowest BCUT2D eigenvalue weighted by Crippen LogP contribution is -2.11. The number of hydrogen-bond acceptors (Lipinski definition) is 6. The van der Waals surface area contributed by atoms with Gasteiger partial charge in [0, 0.05) is 29.5 Å². The molecule has 0 unspecified atom stereocenters. The highest BCUT2D eigenvalue weighted by Gasteiger charge is 2.22. The van der Waals surface area contributed by atoms with E-state index in [1.165, 1.54) is 19.4 Å². The lowest BCUT2D eigenvalue weighted by Gasteiger charge is -2.12. The van der Waals surface area contributed by atoms with Crippen molar-refractivity contribution in [1.82, 2.24) is 14.8 Å². The van der Waals surface area contributed by atoms with Gasteiger partial charge in [0.05, 0.1) is 12.7 Å². The molecule has 2 aliphatic heterocycles. The molecule has 25 heavy (non-hydrogen) atoms. The largest absolute Gasteiger partial charge is 0.465 e. The Morgan fingerprint density at radius 2 is 2.04 bits per heavy atom. The summed E-state index contributed by atoms with van der Waals surface area (Å²) in [5, 5.41) is 6.92. The predicted molar refractivity (Wildman–Crippen MR) is 88.2 cm³/mol. The summed E-state index contributed by atoms with van der Waals surface area (Å²) < 4.78 is 11.5. The number of benzene rings is 1. The Balaban J connectivity index is 1.97. The van der Waals surface area contributed by atoms with E-state index in [0.29, 0.717) is 16.7 Å². The molecular formula is C17H11N3O5. The highest BCUT2D eigenvalue weighted by atomic mass is 16.5. The standard InChI is InChI=1S/C17H11N3O5/c1-24-17(23)12-8-20(7-11-15(12)18-19-16(11)22)10-3-4-13-9(6-10)2-5-14(21)25-13/h2-8H,1H3,(H,19,22). The van der Waals surface area contributed by atoms with Gasteiger partial charge in [0.25, 0.3) is 5.56 Å². The zero-order valence-corrected chi connectivity index (χ0v) is 13.0. The van der Waals surface area contributed by atoms with E-state index < -0.39 is 17.2 Å². The smallest absolute Gasteiger partial charge is 0.341 e. The van der Waals surface area contributed by atoms with E-state index in [2.05, 4.69) is 10.2 Å². The molecule has 0 radical (unpaired) electrons. The number of carbonyl (C=O) groups excluding carboxylic acids is 1. The van der Waals surface area contributed by atoms with E-state index in [1.54, 1.807) is 35.0 Å². The van der Waals surface area contributed by atoms with Crippen LogP contribution in [0.5, 0.6) is 0 Å². The fourth-order valence-corrected chi connectivity index (χ4v) is 2.66. The second-order valence-electron chi connectivity index (χ2n) is 5.36. The molecule has 3 heterocycles. The summed E-state index contributed by atoms with van der Waals surface area (Å²) in [7, 11) is 1.26. The first-order valence-corrected chi connectivity index (χ1v) is 7.30. The van der Waals surface area contributed by atoms with E-state index >= 15 is 0 Å². The van der Waals surface area contributed by atoms with Crippen LogP contribution in [0.2, 0.25) is 0 Å². The van der Waals surface area contributed by atoms with Gasteiger partial charge in [0.15, 0.2) is 0 Å². The van der Waals surface area contributed by atoms with E-state index in [1.807, 2.05) is 0 Å². The second kappa shape index (κ2) is 5.45. The number of hydrogen-bond donors (Lipinski definition) is 1. The van der Waals surface area contributed by atoms with Gasteiger partial charge in [-0.3, -0.25) is 4.79 Å². The molecular weight excluding hydrogens is 326 g/mol. The van der Waals surface area contributed by atoms with Crippen molar-refractivity contribution in [1.29, 1.82) is 0 Å². The second-order valence-corrected chi connectivity index (χ2v) is 5.36. The summed E-state index contributed by atoms with van der Waals surface area (Å²) in [4.78, 5) is 35.2. The molecule has 0 saturated carbocycles. The number of esters is 1. The number of fused-ring (bicyclic) bond motifs is 2. The minimum Gasteiger partial charge on any atom is -0.465 e. The van der Waals surface area contributed by atoms with Crippen LogP contribution < -0.4 is 11.2 Å². The van der Waals surface area contributed by atoms with Crippen LogP contribution in [0.15, 0.2) is 56.7 Å². The Kier molecular flexibility index (Phi) is 3.24. The van der Waals surface area contributed by atoms with E-state index in [-0.39, 0.29) is 16.8 Å². The first-order chi connectivity index (χ1) is 12.1. The van der Waals surface area contributed by atoms with Gasteiger partial charge in [-0.05, 0) is 24.3 Å². The number of pyridine rings is 1. The maximum atomic E-state index is 12.0. The molecule has 0 spiro atoms. The average Bonchev–Trinajstić information content (AvgIpc) is 3.01. The fraction of sp³-hybridized carbons (Fsp3) is 0.0588. The van der Waals surface area contributed by atoms with E-state index in [4.69, 9.17) is 9.15 Å². The molecule has 124 valence electrons. The third-order valence-electron chi connectivity index (χ3n) is 3.87. The summed E-state index contributed by atoms with van der Waals surface area (Å²) in [6.07, 6.45) is 3.11. The van der Waals surface area contributed by atoms with Gasteiger partial charge in [-0.25, -0.2) is 14.7 Å². The summed E-state index contributed by atoms with van der Waals surface area (Å²) in [5.74, 6) is -0.599. The molecule has 0 amide bonds. The summed E-state index contributed by atoms with van der Waals surface area (Å²) in [5.41, 5.74) is 0.964. The molecule has 1 aromatic carbocycles. The van der Waals surface area contributed by atoms with Crippen LogP contribution in [0.1, 0.15) is 10.4 Å². The molecule has 8 heteroatoms. The molecule has 0 aliphatic carbocycles. The van der Waals surface area contributed by atoms with Gasteiger partial charge in [0.1, 0.15) is 16.8 Å². The Morgan fingerprint density at radius 3 is 2.84 bits per heavy atom. The lowest BCUT2D eigenvalue weighted by atomic mass is 10.1. The third kappa shape index (κ3) is 2.40. The molecule has 0 bridgehead atoms. The molecule has 0 fully saturated rings. The van der Waals surface area contributed by atoms with Crippen molar-refractivity contribution in [2.45, 2.75) is 0 Å². The summed E-state index contributed by atoms with van der Waals surface area (Å²) >= 11 is 0. The number of aromatic nitrogens is 3. The molecule has 2 aliphatic rings. The Labute approximate surface area is 139 Å². The van der Waals surface area contributed by atoms with Gasteiger partial charge in [-0.15, -0.1) is 0 Å². The van der Waals surface area contributed by atoms with Crippen LogP contribution in [0.4, 0.5) is 0 Å². The first-order valence-electron chi connectivity index (χ1n) is 7.30. The lowest BCUT2D eigenvalue weighted by molar-refractivity contribution is 0.0600. The number of H-pyrrole nitrogens is 1. The number of ether oxygens (including phenoxy) is 1. The number of carbonyl (C=O) groups is 1. The minimum absolute atomic E-state index is 0.165. The number of nitrogens with one attached hydrogen (secondary N) is 1. The third-order valence-corrected chi connectivity index (χ3v) is 3.87. The van der Waals surface area contributed by atoms with Crippen molar-refractivity contribution in [3.05, 3.63) is 69.1 Å². The van der Waals surface area contributed by atoms with Crippen LogP contribution in [0.3, 0.4) is 0 Å². The SMILES string of the molecule is COC(=O)c1cn(-c2ccc3oc(=O)ccc3c2)cc2c(=O)[nH]nc1-2. The normalized spacial score (nSPS) is 11.1. The van der Waals surface area contributed by atoms with Crippen LogP contribution in [0.25, 0.3) is 27.9 Å². The van der Waals surface area contributed by atoms with Crippen LogP contribution in [-0.2, 0) is 4.74 Å². The maximum absolute atomic E-state index is 12.0. The fourth-order valence-electron chi connectivity index (χ4n) is 2.66. The van der Waals surface area contributed by atoms with Crippen molar-refractivity contribution in [3.8, 4) is 16.9 Å². The summed E-state index contributed by atoms with van der Waals surface area (Å²) in [6.45, 7) is 0. The van der Waals surface area contributed by atoms with Crippen LogP contribution >= 0.6 is 0 Å². The number of rotatable bonds is 2. The number of aromatic amines is 1. The van der Waals surface area contributed by atoms with Crippen LogP contribution in [-0.4, -0.2) is 27.8 Å². The maximum Gasteiger partial charge on any atom is 0.341 e. The highest BCUT2D eigenvalue weighted by Crippen LogP contribution is 2.24. The van der Waals surface area contributed by atoms with E-state index in [9.17, 15) is 14.4 Å². The molecule has 0 saturated heterocycles. The first kappa shape index (κ1) is 14.9. The van der Waals surface area contributed by atoms with E-state index in [0.717, 1.165) is 0 Å². The Morgan fingerprint density at radius 1 is 1.20 bits per heavy atom. The van der Waals surface area contributed by atoms with Crippen molar-refractivity contribution < 1.29 is 13.9 Å². The number of nitrogens with zero attached hydrogens (tertiary/aromatic N) is 2. The molecule has 0 atom stereocenters. The zero-order valence-electron chi connectivity index (χ0n) is 13.0. The zero-order chi connectivity index (χ0) is 17.6. The molecule has 1 N–H and O–H groups in total. The van der Waals surface area contributed by atoms with Crippen molar-refractivity contribution in [3.63, 3.8) is 0 Å². The van der Waals surface area contributed by atoms with Gasteiger partial charge in [-0.1, -0.05) is 0 Å². The Bertz CT molecular complexity index is 1200. The quantitative estimate of drug-likeness (QED) is 0.439. The van der Waals surface area contributed by atoms with Crippen LogP contribution in [0, 0.1) is 0 Å². The topological polar surface area (TPSA) is 107 Å². The number of methoxy groups -OCH3 is 1. The van der Waals surface area contributed by atoms with Crippen molar-refractivity contribution in [2.75, 3.05) is 7.11 Å². The van der Waals surface area contributed by atoms with Gasteiger partial charge >= 0.3 is 11.6 Å². The molecule has 1 aromatic heterocycles. The molecule has 4 rings (SSSR count). The molecule has 8 nitrogen and oxygen atoms in total.